The predicted molar refractivity (Wildman–Crippen MR) is 158 cm³/mol. The van der Waals surface area contributed by atoms with Crippen molar-refractivity contribution in [1.82, 2.24) is 14.7 Å². The number of amides is 1. The van der Waals surface area contributed by atoms with Crippen LogP contribution in [-0.4, -0.2) is 72.6 Å². The smallest absolute Gasteiger partial charge is 0.277 e. The molecule has 1 atom stereocenters. The fourth-order valence-corrected chi connectivity index (χ4v) is 5.82. The summed E-state index contributed by atoms with van der Waals surface area (Å²) in [5.41, 5.74) is 6.79. The summed E-state index contributed by atoms with van der Waals surface area (Å²) in [6.45, 7) is 3.03. The Bertz CT molecular complexity index is 1510. The zero-order chi connectivity index (χ0) is 27.8. The van der Waals surface area contributed by atoms with Crippen LogP contribution < -0.4 is 14.5 Å². The van der Waals surface area contributed by atoms with Crippen molar-refractivity contribution in [2.75, 3.05) is 50.6 Å². The van der Waals surface area contributed by atoms with Crippen molar-refractivity contribution in [1.29, 1.82) is 0 Å². The van der Waals surface area contributed by atoms with E-state index in [2.05, 4.69) is 41.3 Å². The first-order valence-electron chi connectivity index (χ1n) is 13.8. The second-order valence-corrected chi connectivity index (χ2v) is 10.7. The highest BCUT2D eigenvalue weighted by Crippen LogP contribution is 2.34. The molecule has 0 bridgehead atoms. The van der Waals surface area contributed by atoms with Crippen LogP contribution in [0.3, 0.4) is 0 Å². The van der Waals surface area contributed by atoms with Gasteiger partial charge in [0, 0.05) is 51.5 Å². The molecule has 3 heterocycles. The van der Waals surface area contributed by atoms with Crippen molar-refractivity contribution < 1.29 is 14.6 Å². The van der Waals surface area contributed by atoms with Gasteiger partial charge in [-0.1, -0.05) is 36.4 Å². The highest BCUT2D eigenvalue weighted by molar-refractivity contribution is 6.08. The average molecular weight is 538 g/mol. The highest BCUT2D eigenvalue weighted by Gasteiger charge is 2.34. The summed E-state index contributed by atoms with van der Waals surface area (Å²) in [6.07, 6.45) is 1.32. The highest BCUT2D eigenvalue weighted by atomic mass is 16.5. The summed E-state index contributed by atoms with van der Waals surface area (Å²) >= 11 is 0. The maximum absolute atomic E-state index is 14.0. The number of aromatic nitrogens is 2. The average Bonchev–Trinajstić information content (AvgIpc) is 3.57. The van der Waals surface area contributed by atoms with Gasteiger partial charge in [0.25, 0.3) is 5.91 Å². The second kappa shape index (κ2) is 10.8. The lowest BCUT2D eigenvalue weighted by atomic mass is 9.98. The molecule has 6 rings (SSSR count). The number of hydrogen-bond acceptors (Lipinski definition) is 6. The predicted octanol–water partition coefficient (Wildman–Crippen LogP) is 4.38. The molecular formula is C32H35N5O3. The number of anilines is 2. The first kappa shape index (κ1) is 26.1. The minimum absolute atomic E-state index is 0.0570. The molecule has 0 aliphatic carbocycles. The van der Waals surface area contributed by atoms with Gasteiger partial charge in [-0.05, 0) is 65.9 Å². The lowest BCUT2D eigenvalue weighted by Gasteiger charge is -2.28. The molecule has 3 aromatic carbocycles. The molecule has 2 aliphatic rings. The molecular weight excluding hydrogens is 502 g/mol. The van der Waals surface area contributed by atoms with Crippen LogP contribution in [0.25, 0.3) is 16.8 Å². The fourth-order valence-electron chi connectivity index (χ4n) is 5.82. The summed E-state index contributed by atoms with van der Waals surface area (Å²) in [5.74, 6) is 1.51. The maximum atomic E-state index is 14.0. The monoisotopic (exact) mass is 537 g/mol. The van der Waals surface area contributed by atoms with Crippen molar-refractivity contribution >= 4 is 17.4 Å². The van der Waals surface area contributed by atoms with Crippen molar-refractivity contribution in [2.24, 2.45) is 0 Å². The topological polar surface area (TPSA) is 74.1 Å². The van der Waals surface area contributed by atoms with Crippen LogP contribution in [-0.2, 0) is 13.0 Å². The van der Waals surface area contributed by atoms with E-state index < -0.39 is 0 Å². The molecule has 40 heavy (non-hydrogen) atoms. The molecule has 8 heteroatoms. The van der Waals surface area contributed by atoms with E-state index in [1.165, 1.54) is 11.1 Å². The van der Waals surface area contributed by atoms with Crippen molar-refractivity contribution in [2.45, 2.75) is 25.5 Å². The fraction of sp³-hybridized carbons (Fsp3) is 0.312. The van der Waals surface area contributed by atoms with E-state index in [1.807, 2.05) is 60.3 Å². The lowest BCUT2D eigenvalue weighted by molar-refractivity contribution is 0.0973. The van der Waals surface area contributed by atoms with Gasteiger partial charge in [0.05, 0.1) is 18.9 Å². The number of fused-ring (bicyclic) bond motifs is 1. The van der Waals surface area contributed by atoms with Crippen LogP contribution in [0.5, 0.6) is 5.75 Å². The van der Waals surface area contributed by atoms with Crippen LogP contribution >= 0.6 is 0 Å². The Labute approximate surface area is 235 Å². The number of ether oxygens (including phenoxy) is 1. The van der Waals surface area contributed by atoms with Crippen LogP contribution in [0.4, 0.5) is 11.5 Å². The number of aliphatic hydroxyl groups excluding tert-OH is 1. The Balaban J connectivity index is 1.29. The Morgan fingerprint density at radius 3 is 2.38 bits per heavy atom. The number of carbonyl (C=O) groups is 1. The van der Waals surface area contributed by atoms with Gasteiger partial charge in [0.1, 0.15) is 11.4 Å². The molecule has 8 nitrogen and oxygen atoms in total. The standard InChI is InChI=1S/C32H35N5O3/c1-34(2)31-29-17-19-36(32(39)30(29)37(33-31)25-12-14-27(40-3)15-13-25)24-10-8-22(9-11-24)28-7-5-4-6-23(28)20-35-18-16-26(38)21-35/h4-15,26,38H,16-21H2,1-3H3/t26-/m1/s1. The Morgan fingerprint density at radius 1 is 0.975 bits per heavy atom. The van der Waals surface area contributed by atoms with E-state index in [0.717, 1.165) is 66.5 Å². The van der Waals surface area contributed by atoms with Crippen LogP contribution in [0.15, 0.2) is 72.8 Å². The largest absolute Gasteiger partial charge is 0.497 e. The number of rotatable bonds is 7. The number of aliphatic hydroxyl groups is 1. The van der Waals surface area contributed by atoms with Crippen molar-refractivity contribution in [3.8, 4) is 22.6 Å². The van der Waals surface area contributed by atoms with Crippen LogP contribution in [0, 0.1) is 0 Å². The van der Waals surface area contributed by atoms with Gasteiger partial charge in [0.2, 0.25) is 0 Å². The molecule has 2 aliphatic heterocycles. The zero-order valence-electron chi connectivity index (χ0n) is 23.2. The minimum atomic E-state index is -0.233. The zero-order valence-corrected chi connectivity index (χ0v) is 23.2. The first-order valence-corrected chi connectivity index (χ1v) is 13.8. The van der Waals surface area contributed by atoms with E-state index in [4.69, 9.17) is 9.84 Å². The molecule has 4 aromatic rings. The molecule has 0 radical (unpaired) electrons. The van der Waals surface area contributed by atoms with Gasteiger partial charge >= 0.3 is 0 Å². The summed E-state index contributed by atoms with van der Waals surface area (Å²) < 4.78 is 7.08. The second-order valence-electron chi connectivity index (χ2n) is 10.7. The molecule has 1 N–H and O–H groups in total. The van der Waals surface area contributed by atoms with Crippen LogP contribution in [0.2, 0.25) is 0 Å². The molecule has 206 valence electrons. The Hall–Kier alpha value is -4.14. The quantitative estimate of drug-likeness (QED) is 0.377. The normalized spacial score (nSPS) is 17.2. The van der Waals surface area contributed by atoms with Gasteiger partial charge in [-0.3, -0.25) is 9.69 Å². The van der Waals surface area contributed by atoms with Gasteiger partial charge in [0.15, 0.2) is 5.82 Å². The summed E-state index contributed by atoms with van der Waals surface area (Å²) in [7, 11) is 5.56. The Morgan fingerprint density at radius 2 is 1.70 bits per heavy atom. The molecule has 0 saturated carbocycles. The third-order valence-corrected chi connectivity index (χ3v) is 7.88. The van der Waals surface area contributed by atoms with Crippen molar-refractivity contribution in [3.63, 3.8) is 0 Å². The number of likely N-dealkylation sites (tertiary alicyclic amines) is 1. The molecule has 0 unspecified atom stereocenters. The molecule has 0 spiro atoms. The molecule has 1 fully saturated rings. The third kappa shape index (κ3) is 4.85. The van der Waals surface area contributed by atoms with E-state index in [1.54, 1.807) is 11.8 Å². The van der Waals surface area contributed by atoms with E-state index in [0.29, 0.717) is 12.2 Å². The number of carbonyl (C=O) groups excluding carboxylic acids is 1. The summed E-state index contributed by atoms with van der Waals surface area (Å²) in [4.78, 5) is 20.1. The lowest BCUT2D eigenvalue weighted by Crippen LogP contribution is -2.38. The van der Waals surface area contributed by atoms with Gasteiger partial charge in [-0.2, -0.15) is 0 Å². The van der Waals surface area contributed by atoms with E-state index in [9.17, 15) is 9.90 Å². The molecule has 1 saturated heterocycles. The number of hydrogen-bond donors (Lipinski definition) is 1. The van der Waals surface area contributed by atoms with Gasteiger partial charge in [-0.15, -0.1) is 5.10 Å². The maximum Gasteiger partial charge on any atom is 0.277 e. The van der Waals surface area contributed by atoms with Crippen molar-refractivity contribution in [3.05, 3.63) is 89.6 Å². The Kier molecular flexibility index (Phi) is 7.04. The number of nitrogens with zero attached hydrogens (tertiary/aromatic N) is 5. The minimum Gasteiger partial charge on any atom is -0.497 e. The van der Waals surface area contributed by atoms with E-state index in [-0.39, 0.29) is 12.0 Å². The molecule has 1 aromatic heterocycles. The van der Waals surface area contributed by atoms with E-state index >= 15 is 0 Å². The first-order chi connectivity index (χ1) is 19.4. The number of methoxy groups -OCH3 is 1. The summed E-state index contributed by atoms with van der Waals surface area (Å²) in [6, 6.07) is 24.3. The number of β-amino-alcohol motifs (C(OH)–C–C–N with tert-alkyl or cyclic N) is 1. The summed E-state index contributed by atoms with van der Waals surface area (Å²) in [5, 5.41) is 14.8. The number of benzene rings is 3. The third-order valence-electron chi connectivity index (χ3n) is 7.88. The SMILES string of the molecule is COc1ccc(-n2nc(N(C)C)c3c2C(=O)N(c2ccc(-c4ccccc4CN4CC[C@@H](O)C4)cc2)CC3)cc1. The van der Waals surface area contributed by atoms with Crippen LogP contribution in [0.1, 0.15) is 28.0 Å². The molecule has 1 amide bonds. The van der Waals surface area contributed by atoms with Gasteiger partial charge < -0.3 is 19.6 Å². The van der Waals surface area contributed by atoms with Gasteiger partial charge in [-0.25, -0.2) is 4.68 Å².